The molecule has 5 nitrogen and oxygen atoms in total. The largest absolute Gasteiger partial charge is 0.374 e. The molecule has 1 aromatic carbocycles. The van der Waals surface area contributed by atoms with Crippen LogP contribution in [0.15, 0.2) is 24.3 Å². The van der Waals surface area contributed by atoms with E-state index in [1.165, 1.54) is 18.4 Å². The lowest BCUT2D eigenvalue weighted by Crippen LogP contribution is -2.47. The van der Waals surface area contributed by atoms with Crippen molar-refractivity contribution >= 4 is 44.3 Å². The Labute approximate surface area is 149 Å². The van der Waals surface area contributed by atoms with Crippen molar-refractivity contribution in [2.24, 2.45) is 0 Å². The van der Waals surface area contributed by atoms with Crippen LogP contribution in [0.1, 0.15) is 37.2 Å². The lowest BCUT2D eigenvalue weighted by Gasteiger charge is -2.24. The van der Waals surface area contributed by atoms with Gasteiger partial charge in [0.1, 0.15) is 19.1 Å². The van der Waals surface area contributed by atoms with Gasteiger partial charge in [0.25, 0.3) is 0 Å². The summed E-state index contributed by atoms with van der Waals surface area (Å²) in [7, 11) is 0. The topological polar surface area (TPSA) is 61.2 Å². The van der Waals surface area contributed by atoms with Crippen molar-refractivity contribution < 1.29 is 14.2 Å². The summed E-state index contributed by atoms with van der Waals surface area (Å²) in [6.45, 7) is 2.23. The average Bonchev–Trinajstić information content (AvgIpc) is 2.58. The van der Waals surface area contributed by atoms with Crippen LogP contribution in [0.3, 0.4) is 0 Å². The van der Waals surface area contributed by atoms with E-state index in [1.807, 2.05) is 12.1 Å². The third kappa shape index (κ3) is 4.10. The highest BCUT2D eigenvalue weighted by Gasteiger charge is 2.26. The van der Waals surface area contributed by atoms with Crippen LogP contribution in [0.4, 0.5) is 5.69 Å². The molecule has 0 radical (unpaired) electrons. The van der Waals surface area contributed by atoms with Crippen LogP contribution in [0.5, 0.6) is 0 Å². The Balaban J connectivity index is 1.59. The number of hydrogen-bond acceptors (Lipinski definition) is 3. The van der Waals surface area contributed by atoms with Gasteiger partial charge >= 0.3 is 0 Å². The quantitative estimate of drug-likeness (QED) is 0.443. The summed E-state index contributed by atoms with van der Waals surface area (Å²) >= 11 is 2.30. The monoisotopic (exact) mass is 426 g/mol. The van der Waals surface area contributed by atoms with E-state index in [-0.39, 0.29) is 17.9 Å². The number of nitrogens with one attached hydrogen (secondary N) is 2. The molecule has 2 fully saturated rings. The molecule has 0 bridgehead atoms. The second kappa shape index (κ2) is 7.42. The number of imide groups is 1. The van der Waals surface area contributed by atoms with Gasteiger partial charge in [0.2, 0.25) is 11.8 Å². The SMILES string of the molecule is O=C1CCC(Nc2ccc(C3CC[N+](=CI)CC3)cc2)C(=O)N1. The first-order valence-electron chi connectivity index (χ1n) is 8.03. The van der Waals surface area contributed by atoms with Gasteiger partial charge in [-0.25, -0.2) is 4.58 Å². The number of carbonyl (C=O) groups excluding carboxylic acids is 2. The lowest BCUT2D eigenvalue weighted by atomic mass is 9.90. The van der Waals surface area contributed by atoms with Gasteiger partial charge in [-0.3, -0.25) is 14.9 Å². The molecule has 2 N–H and O–H groups in total. The molecule has 0 aliphatic carbocycles. The maximum atomic E-state index is 11.8. The fourth-order valence-corrected chi connectivity index (χ4v) is 3.77. The molecule has 2 aliphatic heterocycles. The fourth-order valence-electron chi connectivity index (χ4n) is 3.21. The van der Waals surface area contributed by atoms with Gasteiger partial charge in [0, 0.05) is 47.5 Å². The molecular weight excluding hydrogens is 405 g/mol. The zero-order valence-corrected chi connectivity index (χ0v) is 15.1. The van der Waals surface area contributed by atoms with Gasteiger partial charge in [-0.2, -0.15) is 0 Å². The van der Waals surface area contributed by atoms with Crippen LogP contribution in [0.25, 0.3) is 0 Å². The van der Waals surface area contributed by atoms with E-state index < -0.39 is 0 Å². The van der Waals surface area contributed by atoms with E-state index in [2.05, 4.69) is 54.2 Å². The van der Waals surface area contributed by atoms with Crippen molar-refractivity contribution in [2.45, 2.75) is 37.6 Å². The molecule has 1 unspecified atom stereocenters. The first-order chi connectivity index (χ1) is 11.2. The summed E-state index contributed by atoms with van der Waals surface area (Å²) in [6, 6.07) is 8.07. The van der Waals surface area contributed by atoms with Gasteiger partial charge in [-0.1, -0.05) is 12.1 Å². The second-order valence-corrected chi connectivity index (χ2v) is 6.73. The number of amides is 2. The molecule has 0 spiro atoms. The minimum Gasteiger partial charge on any atom is -0.374 e. The summed E-state index contributed by atoms with van der Waals surface area (Å²) in [6.07, 6.45) is 3.31. The Bertz CT molecular complexity index is 617. The molecule has 0 aromatic heterocycles. The van der Waals surface area contributed by atoms with Crippen LogP contribution >= 0.6 is 22.6 Å². The number of carbonyl (C=O) groups is 2. The predicted molar refractivity (Wildman–Crippen MR) is 98.3 cm³/mol. The average molecular weight is 426 g/mol. The Hall–Kier alpha value is -1.44. The molecule has 1 aromatic rings. The minimum atomic E-state index is -0.319. The van der Waals surface area contributed by atoms with E-state index in [9.17, 15) is 9.59 Å². The first kappa shape index (κ1) is 16.4. The molecule has 2 amide bonds. The molecule has 0 saturated carbocycles. The third-order valence-electron chi connectivity index (χ3n) is 4.63. The molecule has 2 saturated heterocycles. The van der Waals surface area contributed by atoms with E-state index in [0.29, 0.717) is 18.8 Å². The Morgan fingerprint density at radius 1 is 1.13 bits per heavy atom. The van der Waals surface area contributed by atoms with Crippen molar-refractivity contribution in [1.82, 2.24) is 5.32 Å². The third-order valence-corrected chi connectivity index (χ3v) is 5.42. The van der Waals surface area contributed by atoms with Crippen molar-refractivity contribution in [3.8, 4) is 0 Å². The van der Waals surface area contributed by atoms with Crippen molar-refractivity contribution in [3.63, 3.8) is 0 Å². The maximum absolute atomic E-state index is 11.8. The molecule has 122 valence electrons. The smallest absolute Gasteiger partial charge is 0.249 e. The molecule has 6 heteroatoms. The van der Waals surface area contributed by atoms with Crippen molar-refractivity contribution in [1.29, 1.82) is 0 Å². The number of anilines is 1. The zero-order valence-electron chi connectivity index (χ0n) is 12.9. The van der Waals surface area contributed by atoms with Gasteiger partial charge in [-0.05, 0) is 30.0 Å². The number of benzene rings is 1. The number of halogens is 1. The zero-order chi connectivity index (χ0) is 16.2. The molecule has 23 heavy (non-hydrogen) atoms. The lowest BCUT2D eigenvalue weighted by molar-refractivity contribution is -0.531. The van der Waals surface area contributed by atoms with Crippen LogP contribution in [-0.2, 0) is 9.59 Å². The van der Waals surface area contributed by atoms with E-state index in [1.54, 1.807) is 0 Å². The summed E-state index contributed by atoms with van der Waals surface area (Å²) in [5.74, 6) is 0.207. The summed E-state index contributed by atoms with van der Waals surface area (Å²) in [5.41, 5.74) is 2.30. The van der Waals surface area contributed by atoms with Gasteiger partial charge in [0.15, 0.2) is 4.22 Å². The fraction of sp³-hybridized carbons (Fsp3) is 0.471. The second-order valence-electron chi connectivity index (χ2n) is 6.18. The molecule has 2 aliphatic rings. The number of rotatable bonds is 3. The van der Waals surface area contributed by atoms with Crippen molar-refractivity contribution in [3.05, 3.63) is 29.8 Å². The van der Waals surface area contributed by atoms with Gasteiger partial charge < -0.3 is 5.32 Å². The molecule has 1 atom stereocenters. The highest BCUT2D eigenvalue weighted by Crippen LogP contribution is 2.28. The Morgan fingerprint density at radius 3 is 2.43 bits per heavy atom. The van der Waals surface area contributed by atoms with Crippen molar-refractivity contribution in [2.75, 3.05) is 18.4 Å². The predicted octanol–water partition coefficient (Wildman–Crippen LogP) is 2.26. The first-order valence-corrected chi connectivity index (χ1v) is 9.28. The number of nitrogens with zero attached hydrogens (tertiary/aromatic N) is 1. The normalized spacial score (nSPS) is 25.0. The highest BCUT2D eigenvalue weighted by molar-refractivity contribution is 14.1. The van der Waals surface area contributed by atoms with Crippen LogP contribution in [0, 0.1) is 0 Å². The number of piperidine rings is 2. The summed E-state index contributed by atoms with van der Waals surface area (Å²) in [5, 5.41) is 5.59. The van der Waals surface area contributed by atoms with Gasteiger partial charge in [0.05, 0.1) is 0 Å². The standard InChI is InChI=1S/C17H20IN3O2/c18-11-21-9-7-13(8-10-21)12-1-3-14(4-2-12)19-15-5-6-16(22)20-17(15)23/h1-4,11,13,15,19H,5-10H2/p+1. The Morgan fingerprint density at radius 2 is 1.83 bits per heavy atom. The van der Waals surface area contributed by atoms with E-state index in [0.717, 1.165) is 18.8 Å². The highest BCUT2D eigenvalue weighted by atomic mass is 127. The molecule has 3 rings (SSSR count). The molecule has 2 heterocycles. The minimum absolute atomic E-state index is 0.182. The van der Waals surface area contributed by atoms with Gasteiger partial charge in [-0.15, -0.1) is 0 Å². The number of hydrogen-bond donors (Lipinski definition) is 2. The van der Waals surface area contributed by atoms with Crippen LogP contribution < -0.4 is 10.6 Å². The Kier molecular flexibility index (Phi) is 5.30. The molecular formula is C17H21IN3O2+. The van der Waals surface area contributed by atoms with E-state index in [4.69, 9.17) is 0 Å². The van der Waals surface area contributed by atoms with E-state index >= 15 is 0 Å². The maximum Gasteiger partial charge on any atom is 0.249 e. The summed E-state index contributed by atoms with van der Waals surface area (Å²) in [4.78, 5) is 23.0. The van der Waals surface area contributed by atoms with Crippen LogP contribution in [0.2, 0.25) is 0 Å². The summed E-state index contributed by atoms with van der Waals surface area (Å²) < 4.78 is 4.50. The van der Waals surface area contributed by atoms with Crippen LogP contribution in [-0.4, -0.2) is 39.7 Å².